The second-order valence-electron chi connectivity index (χ2n) is 3.12. The minimum atomic E-state index is -0.751. The van der Waals surface area contributed by atoms with Gasteiger partial charge in [-0.25, -0.2) is 9.88 Å². The van der Waals surface area contributed by atoms with Crippen LogP contribution in [0.4, 0.5) is 5.82 Å². The predicted molar refractivity (Wildman–Crippen MR) is 48.4 cm³/mol. The second-order valence-corrected chi connectivity index (χ2v) is 3.12. The number of likely N-dealkylation sites (tertiary alicyclic amines) is 1. The molecule has 0 bridgehead atoms. The van der Waals surface area contributed by atoms with Crippen molar-refractivity contribution in [3.05, 3.63) is 12.0 Å². The van der Waals surface area contributed by atoms with E-state index in [4.69, 9.17) is 5.73 Å². The lowest BCUT2D eigenvalue weighted by Gasteiger charge is -2.08. The van der Waals surface area contributed by atoms with Crippen molar-refractivity contribution in [3.63, 3.8) is 0 Å². The SMILES string of the molecule is Nc1cnc(C(=O)N2C(=O)CCC2=O)[nH]1. The van der Waals surface area contributed by atoms with Crippen molar-refractivity contribution in [1.29, 1.82) is 0 Å². The first kappa shape index (κ1) is 9.38. The van der Waals surface area contributed by atoms with Crippen LogP contribution in [-0.4, -0.2) is 32.6 Å². The maximum absolute atomic E-state index is 11.6. The Kier molecular flexibility index (Phi) is 2.00. The molecule has 7 heteroatoms. The highest BCUT2D eigenvalue weighted by Gasteiger charge is 2.36. The van der Waals surface area contributed by atoms with Gasteiger partial charge in [0.15, 0.2) is 5.82 Å². The highest BCUT2D eigenvalue weighted by atomic mass is 16.2. The zero-order valence-electron chi connectivity index (χ0n) is 7.69. The molecule has 7 nitrogen and oxygen atoms in total. The van der Waals surface area contributed by atoms with Gasteiger partial charge in [0.25, 0.3) is 0 Å². The summed E-state index contributed by atoms with van der Waals surface area (Å²) in [4.78, 5) is 40.8. The smallest absolute Gasteiger partial charge is 0.303 e. The van der Waals surface area contributed by atoms with Crippen molar-refractivity contribution in [2.24, 2.45) is 0 Å². The quantitative estimate of drug-likeness (QED) is 0.592. The molecule has 1 aromatic rings. The molecule has 3 amide bonds. The molecular weight excluding hydrogens is 200 g/mol. The topological polar surface area (TPSA) is 109 Å². The maximum atomic E-state index is 11.6. The molecule has 78 valence electrons. The van der Waals surface area contributed by atoms with Gasteiger partial charge < -0.3 is 10.7 Å². The van der Waals surface area contributed by atoms with Gasteiger partial charge in [0.1, 0.15) is 5.82 Å². The van der Waals surface area contributed by atoms with Gasteiger partial charge in [-0.2, -0.15) is 0 Å². The predicted octanol–water partition coefficient (Wildman–Crippen LogP) is -0.719. The Bertz CT molecular complexity index is 434. The number of imide groups is 3. The van der Waals surface area contributed by atoms with Crippen LogP contribution in [0.1, 0.15) is 23.5 Å². The Morgan fingerprint density at radius 3 is 2.47 bits per heavy atom. The third-order valence-electron chi connectivity index (χ3n) is 2.05. The third kappa shape index (κ3) is 1.47. The standard InChI is InChI=1S/C8H8N4O3/c9-4-3-10-7(11-4)8(15)12-5(13)1-2-6(12)14/h3H,1-2,9H2,(H,10,11). The maximum Gasteiger partial charge on any atom is 0.303 e. The molecule has 15 heavy (non-hydrogen) atoms. The average Bonchev–Trinajstić information content (AvgIpc) is 2.73. The number of aromatic nitrogens is 2. The van der Waals surface area contributed by atoms with Crippen LogP contribution in [0.15, 0.2) is 6.20 Å². The second kappa shape index (κ2) is 3.19. The fraction of sp³-hybridized carbons (Fsp3) is 0.250. The molecule has 1 fully saturated rings. The van der Waals surface area contributed by atoms with Crippen molar-refractivity contribution in [1.82, 2.24) is 14.9 Å². The van der Waals surface area contributed by atoms with Crippen LogP contribution < -0.4 is 5.73 Å². The van der Waals surface area contributed by atoms with E-state index >= 15 is 0 Å². The number of imidazole rings is 1. The number of nitrogens with one attached hydrogen (secondary N) is 1. The summed E-state index contributed by atoms with van der Waals surface area (Å²) >= 11 is 0. The summed E-state index contributed by atoms with van der Waals surface area (Å²) in [7, 11) is 0. The number of hydrogen-bond acceptors (Lipinski definition) is 5. The minimum Gasteiger partial charge on any atom is -0.384 e. The van der Waals surface area contributed by atoms with Gasteiger partial charge in [0.2, 0.25) is 11.8 Å². The first-order valence-corrected chi connectivity index (χ1v) is 4.30. The molecule has 0 atom stereocenters. The zero-order chi connectivity index (χ0) is 11.0. The van der Waals surface area contributed by atoms with Crippen LogP contribution in [0, 0.1) is 0 Å². The number of aromatic amines is 1. The van der Waals surface area contributed by atoms with Gasteiger partial charge in [-0.15, -0.1) is 0 Å². The Morgan fingerprint density at radius 1 is 1.40 bits per heavy atom. The van der Waals surface area contributed by atoms with E-state index in [1.165, 1.54) is 6.20 Å². The molecule has 3 N–H and O–H groups in total. The molecule has 2 heterocycles. The van der Waals surface area contributed by atoms with E-state index in [-0.39, 0.29) is 24.5 Å². The molecule has 0 unspecified atom stereocenters. The fourth-order valence-corrected chi connectivity index (χ4v) is 1.35. The summed E-state index contributed by atoms with van der Waals surface area (Å²) in [6.07, 6.45) is 1.39. The fourth-order valence-electron chi connectivity index (χ4n) is 1.35. The molecule has 1 aromatic heterocycles. The van der Waals surface area contributed by atoms with Crippen LogP contribution in [-0.2, 0) is 9.59 Å². The summed E-state index contributed by atoms with van der Waals surface area (Å²) in [6, 6.07) is 0. The van der Waals surface area contributed by atoms with Gasteiger partial charge in [0, 0.05) is 12.8 Å². The monoisotopic (exact) mass is 208 g/mol. The summed E-state index contributed by atoms with van der Waals surface area (Å²) in [5.41, 5.74) is 5.33. The van der Waals surface area contributed by atoms with Crippen LogP contribution in [0.5, 0.6) is 0 Å². The van der Waals surface area contributed by atoms with Crippen LogP contribution in [0.25, 0.3) is 0 Å². The van der Waals surface area contributed by atoms with E-state index in [0.29, 0.717) is 4.90 Å². The molecule has 1 aliphatic rings. The summed E-state index contributed by atoms with van der Waals surface area (Å²) in [5, 5.41) is 0. The van der Waals surface area contributed by atoms with E-state index < -0.39 is 17.7 Å². The molecule has 1 aliphatic heterocycles. The Morgan fingerprint density at radius 2 is 2.00 bits per heavy atom. The van der Waals surface area contributed by atoms with Crippen molar-refractivity contribution < 1.29 is 14.4 Å². The average molecular weight is 208 g/mol. The number of nitrogens with zero attached hydrogens (tertiary/aromatic N) is 2. The highest BCUT2D eigenvalue weighted by Crippen LogP contribution is 2.14. The van der Waals surface area contributed by atoms with E-state index in [0.717, 1.165) is 0 Å². The van der Waals surface area contributed by atoms with Gasteiger partial charge >= 0.3 is 5.91 Å². The van der Waals surface area contributed by atoms with Crippen molar-refractivity contribution in [3.8, 4) is 0 Å². The number of nitrogens with two attached hydrogens (primary N) is 1. The number of hydrogen-bond donors (Lipinski definition) is 2. The van der Waals surface area contributed by atoms with E-state index in [9.17, 15) is 14.4 Å². The summed E-state index contributed by atoms with van der Waals surface area (Å²) < 4.78 is 0. The molecule has 1 saturated heterocycles. The van der Waals surface area contributed by atoms with Crippen molar-refractivity contribution in [2.75, 3.05) is 5.73 Å². The van der Waals surface area contributed by atoms with E-state index in [1.807, 2.05) is 0 Å². The summed E-state index contributed by atoms with van der Waals surface area (Å²) in [5.74, 6) is -1.65. The van der Waals surface area contributed by atoms with Gasteiger partial charge in [-0.05, 0) is 0 Å². The first-order chi connectivity index (χ1) is 7.09. The lowest BCUT2D eigenvalue weighted by molar-refractivity contribution is -0.135. The minimum absolute atomic E-state index is 0.0702. The number of rotatable bonds is 1. The molecule has 2 rings (SSSR count). The Labute approximate surface area is 84.3 Å². The molecule has 0 spiro atoms. The van der Waals surface area contributed by atoms with Crippen molar-refractivity contribution >= 4 is 23.5 Å². The first-order valence-electron chi connectivity index (χ1n) is 4.30. The largest absolute Gasteiger partial charge is 0.384 e. The number of H-pyrrole nitrogens is 1. The van der Waals surface area contributed by atoms with E-state index in [2.05, 4.69) is 9.97 Å². The normalized spacial score (nSPS) is 16.1. The lowest BCUT2D eigenvalue weighted by Crippen LogP contribution is -2.36. The molecule has 0 saturated carbocycles. The van der Waals surface area contributed by atoms with Gasteiger partial charge in [0.05, 0.1) is 6.20 Å². The number of carbonyl (C=O) groups excluding carboxylic acids is 3. The van der Waals surface area contributed by atoms with Crippen LogP contribution in [0.2, 0.25) is 0 Å². The van der Waals surface area contributed by atoms with Crippen molar-refractivity contribution in [2.45, 2.75) is 12.8 Å². The number of amides is 3. The zero-order valence-corrected chi connectivity index (χ0v) is 7.69. The molecule has 0 aromatic carbocycles. The number of anilines is 1. The molecule has 0 aliphatic carbocycles. The summed E-state index contributed by atoms with van der Waals surface area (Å²) in [6.45, 7) is 0. The van der Waals surface area contributed by atoms with Crippen LogP contribution >= 0.6 is 0 Å². The number of carbonyl (C=O) groups is 3. The Balaban J connectivity index is 2.28. The van der Waals surface area contributed by atoms with E-state index in [1.54, 1.807) is 0 Å². The lowest BCUT2D eigenvalue weighted by atomic mass is 10.4. The molecular formula is C8H8N4O3. The van der Waals surface area contributed by atoms with Gasteiger partial charge in [-0.3, -0.25) is 14.4 Å². The van der Waals surface area contributed by atoms with Crippen LogP contribution in [0.3, 0.4) is 0 Å². The molecule has 0 radical (unpaired) electrons. The third-order valence-corrected chi connectivity index (χ3v) is 2.05. The highest BCUT2D eigenvalue weighted by molar-refractivity contribution is 6.18. The Hall–Kier alpha value is -2.18. The number of nitrogen functional groups attached to an aromatic ring is 1. The van der Waals surface area contributed by atoms with Gasteiger partial charge in [-0.1, -0.05) is 0 Å².